The molecule has 1 heterocycles. The topological polar surface area (TPSA) is 75.4 Å². The van der Waals surface area contributed by atoms with Crippen LogP contribution in [-0.2, 0) is 9.59 Å². The highest BCUT2D eigenvalue weighted by molar-refractivity contribution is 5.94. The van der Waals surface area contributed by atoms with Crippen molar-refractivity contribution in [1.82, 2.24) is 10.2 Å². The second kappa shape index (κ2) is 3.74. The predicted octanol–water partition coefficient (Wildman–Crippen LogP) is -1.32. The van der Waals surface area contributed by atoms with Crippen molar-refractivity contribution in [2.75, 3.05) is 13.1 Å². The summed E-state index contributed by atoms with van der Waals surface area (Å²) in [6, 6.07) is -0.512. The van der Waals surface area contributed by atoms with Crippen LogP contribution < -0.4 is 11.1 Å². The summed E-state index contributed by atoms with van der Waals surface area (Å²) in [4.78, 5) is 24.0. The highest BCUT2D eigenvalue weighted by Crippen LogP contribution is 2.02. The number of rotatable bonds is 2. The fraction of sp³-hybridized carbons (Fsp3) is 0.750. The van der Waals surface area contributed by atoms with Crippen molar-refractivity contribution in [2.24, 2.45) is 5.73 Å². The number of carbonyl (C=O) groups excluding carboxylic acids is 2. The highest BCUT2D eigenvalue weighted by atomic mass is 16.2. The second-order valence-corrected chi connectivity index (χ2v) is 3.49. The summed E-state index contributed by atoms with van der Waals surface area (Å²) in [7, 11) is 0. The number of nitrogens with two attached hydrogens (primary N) is 1. The van der Waals surface area contributed by atoms with Gasteiger partial charge in [0.2, 0.25) is 11.8 Å². The van der Waals surface area contributed by atoms with E-state index in [-0.39, 0.29) is 24.4 Å². The van der Waals surface area contributed by atoms with Gasteiger partial charge in [0.15, 0.2) is 0 Å². The summed E-state index contributed by atoms with van der Waals surface area (Å²) in [6.07, 6.45) is 0. The minimum absolute atomic E-state index is 0.0584. The van der Waals surface area contributed by atoms with Crippen molar-refractivity contribution in [3.63, 3.8) is 0 Å². The molecule has 1 aliphatic rings. The fourth-order valence-corrected chi connectivity index (χ4v) is 1.38. The molecule has 0 saturated carbocycles. The van der Waals surface area contributed by atoms with Gasteiger partial charge in [0, 0.05) is 12.6 Å². The van der Waals surface area contributed by atoms with Gasteiger partial charge in [0.25, 0.3) is 0 Å². The van der Waals surface area contributed by atoms with Gasteiger partial charge >= 0.3 is 0 Å². The van der Waals surface area contributed by atoms with Crippen LogP contribution in [0.4, 0.5) is 0 Å². The van der Waals surface area contributed by atoms with Crippen molar-refractivity contribution in [1.29, 1.82) is 0 Å². The number of piperazine rings is 1. The second-order valence-electron chi connectivity index (χ2n) is 3.49. The zero-order valence-electron chi connectivity index (χ0n) is 7.91. The molecule has 2 atom stereocenters. The summed E-state index contributed by atoms with van der Waals surface area (Å²) in [6.45, 7) is 4.05. The Morgan fingerprint density at radius 3 is 2.85 bits per heavy atom. The van der Waals surface area contributed by atoms with Gasteiger partial charge in [0.1, 0.15) is 6.04 Å². The maximum Gasteiger partial charge on any atom is 0.245 e. The standard InChI is InChI=1S/C8H15N3O2/c1-5(9)3-11-4-7(12)10-6(2)8(11)13/h5-6H,3-4,9H2,1-2H3,(H,10,12). The van der Waals surface area contributed by atoms with E-state index in [2.05, 4.69) is 5.32 Å². The lowest BCUT2D eigenvalue weighted by Crippen LogP contribution is -2.58. The molecule has 1 rings (SSSR count). The Kier molecular flexibility index (Phi) is 2.87. The first-order valence-electron chi connectivity index (χ1n) is 4.34. The molecule has 0 aromatic heterocycles. The molecule has 3 N–H and O–H groups in total. The molecular formula is C8H15N3O2. The third-order valence-corrected chi connectivity index (χ3v) is 1.90. The molecular weight excluding hydrogens is 170 g/mol. The van der Waals surface area contributed by atoms with Crippen LogP contribution in [0.5, 0.6) is 0 Å². The number of hydrogen-bond acceptors (Lipinski definition) is 3. The van der Waals surface area contributed by atoms with E-state index in [1.165, 1.54) is 4.90 Å². The van der Waals surface area contributed by atoms with Crippen LogP contribution in [0.1, 0.15) is 13.8 Å². The molecule has 1 aliphatic heterocycles. The van der Waals surface area contributed by atoms with Crippen molar-refractivity contribution in [2.45, 2.75) is 25.9 Å². The van der Waals surface area contributed by atoms with E-state index in [0.29, 0.717) is 6.54 Å². The number of hydrogen-bond donors (Lipinski definition) is 2. The molecule has 2 unspecified atom stereocenters. The maximum atomic E-state index is 11.5. The number of carbonyl (C=O) groups is 2. The Morgan fingerprint density at radius 1 is 1.69 bits per heavy atom. The van der Waals surface area contributed by atoms with E-state index < -0.39 is 6.04 Å². The van der Waals surface area contributed by atoms with E-state index >= 15 is 0 Å². The van der Waals surface area contributed by atoms with Gasteiger partial charge in [-0.3, -0.25) is 9.59 Å². The first-order valence-corrected chi connectivity index (χ1v) is 4.34. The summed E-state index contributed by atoms with van der Waals surface area (Å²) in [5.41, 5.74) is 5.55. The fourth-order valence-electron chi connectivity index (χ4n) is 1.38. The van der Waals surface area contributed by atoms with Crippen LogP contribution in [0.25, 0.3) is 0 Å². The highest BCUT2D eigenvalue weighted by Gasteiger charge is 2.29. The van der Waals surface area contributed by atoms with E-state index in [1.54, 1.807) is 6.92 Å². The van der Waals surface area contributed by atoms with Gasteiger partial charge in [-0.05, 0) is 13.8 Å². The van der Waals surface area contributed by atoms with Crippen LogP contribution in [0.2, 0.25) is 0 Å². The number of nitrogens with zero attached hydrogens (tertiary/aromatic N) is 1. The Bertz CT molecular complexity index is 227. The molecule has 0 aromatic carbocycles. The average molecular weight is 185 g/mol. The lowest BCUT2D eigenvalue weighted by molar-refractivity contribution is -0.143. The quantitative estimate of drug-likeness (QED) is 0.560. The van der Waals surface area contributed by atoms with E-state index in [9.17, 15) is 9.59 Å². The summed E-state index contributed by atoms with van der Waals surface area (Å²) < 4.78 is 0. The minimum Gasteiger partial charge on any atom is -0.343 e. The molecule has 0 aliphatic carbocycles. The van der Waals surface area contributed by atoms with Crippen LogP contribution in [-0.4, -0.2) is 41.9 Å². The number of amides is 2. The summed E-state index contributed by atoms with van der Waals surface area (Å²) >= 11 is 0. The molecule has 0 spiro atoms. The molecule has 5 nitrogen and oxygen atoms in total. The van der Waals surface area contributed by atoms with E-state index in [1.807, 2.05) is 6.92 Å². The number of nitrogens with one attached hydrogen (secondary N) is 1. The lowest BCUT2D eigenvalue weighted by Gasteiger charge is -2.31. The molecule has 2 amide bonds. The Balaban J connectivity index is 2.61. The smallest absolute Gasteiger partial charge is 0.245 e. The molecule has 13 heavy (non-hydrogen) atoms. The van der Waals surface area contributed by atoms with E-state index in [0.717, 1.165) is 0 Å². The van der Waals surface area contributed by atoms with Crippen molar-refractivity contribution in [3.05, 3.63) is 0 Å². The third kappa shape index (κ3) is 2.42. The Labute approximate surface area is 77.3 Å². The van der Waals surface area contributed by atoms with Crippen molar-refractivity contribution >= 4 is 11.8 Å². The predicted molar refractivity (Wildman–Crippen MR) is 47.8 cm³/mol. The maximum absolute atomic E-state index is 11.5. The average Bonchev–Trinajstić information content (AvgIpc) is 1.98. The molecule has 5 heteroatoms. The normalized spacial score (nSPS) is 25.8. The van der Waals surface area contributed by atoms with Crippen LogP contribution in [0, 0.1) is 0 Å². The van der Waals surface area contributed by atoms with Crippen LogP contribution in [0.3, 0.4) is 0 Å². The largest absolute Gasteiger partial charge is 0.343 e. The van der Waals surface area contributed by atoms with E-state index in [4.69, 9.17) is 5.73 Å². The molecule has 0 aromatic rings. The van der Waals surface area contributed by atoms with Gasteiger partial charge < -0.3 is 16.0 Å². The molecule has 0 bridgehead atoms. The Morgan fingerprint density at radius 2 is 2.31 bits per heavy atom. The first-order chi connectivity index (χ1) is 6.00. The van der Waals surface area contributed by atoms with Crippen molar-refractivity contribution < 1.29 is 9.59 Å². The SMILES string of the molecule is CC(N)CN1CC(=O)NC(C)C1=O. The lowest BCUT2D eigenvalue weighted by atomic mass is 10.2. The van der Waals surface area contributed by atoms with Gasteiger partial charge in [-0.25, -0.2) is 0 Å². The summed E-state index contributed by atoms with van der Waals surface area (Å²) in [5.74, 6) is -0.176. The Hall–Kier alpha value is -1.10. The molecule has 74 valence electrons. The van der Waals surface area contributed by atoms with Crippen molar-refractivity contribution in [3.8, 4) is 0 Å². The molecule has 1 saturated heterocycles. The monoisotopic (exact) mass is 185 g/mol. The van der Waals surface area contributed by atoms with Crippen LogP contribution >= 0.6 is 0 Å². The summed E-state index contributed by atoms with van der Waals surface area (Å²) in [5, 5.41) is 2.56. The first kappa shape index (κ1) is 9.98. The van der Waals surface area contributed by atoms with Crippen LogP contribution in [0.15, 0.2) is 0 Å². The van der Waals surface area contributed by atoms with Gasteiger partial charge in [-0.15, -0.1) is 0 Å². The molecule has 1 fully saturated rings. The zero-order valence-corrected chi connectivity index (χ0v) is 7.91. The molecule has 0 radical (unpaired) electrons. The third-order valence-electron chi connectivity index (χ3n) is 1.90. The van der Waals surface area contributed by atoms with Gasteiger partial charge in [0.05, 0.1) is 6.54 Å². The minimum atomic E-state index is -0.417. The zero-order chi connectivity index (χ0) is 10.0. The van der Waals surface area contributed by atoms with Gasteiger partial charge in [-0.1, -0.05) is 0 Å². The van der Waals surface area contributed by atoms with Gasteiger partial charge in [-0.2, -0.15) is 0 Å².